The van der Waals surface area contributed by atoms with Gasteiger partial charge in [0.05, 0.1) is 17.1 Å². The Balaban J connectivity index is 1.59. The van der Waals surface area contributed by atoms with Gasteiger partial charge in [-0.15, -0.1) is 0 Å². The minimum atomic E-state index is -0.277. The summed E-state index contributed by atoms with van der Waals surface area (Å²) in [5.74, 6) is 1.19. The third-order valence-electron chi connectivity index (χ3n) is 5.98. The number of nitrogens with one attached hydrogen (secondary N) is 4. The lowest BCUT2D eigenvalue weighted by molar-refractivity contribution is 0.403. The van der Waals surface area contributed by atoms with Crippen LogP contribution in [0.2, 0.25) is 0 Å². The van der Waals surface area contributed by atoms with E-state index in [1.54, 1.807) is 6.20 Å². The maximum absolute atomic E-state index is 12.6. The Morgan fingerprint density at radius 1 is 1.20 bits per heavy atom. The molecule has 8 heteroatoms. The van der Waals surface area contributed by atoms with Crippen LogP contribution in [0.3, 0.4) is 0 Å². The summed E-state index contributed by atoms with van der Waals surface area (Å²) >= 11 is 0. The van der Waals surface area contributed by atoms with Crippen molar-refractivity contribution >= 4 is 39.0 Å². The van der Waals surface area contributed by atoms with Crippen LogP contribution in [0.5, 0.6) is 0 Å². The van der Waals surface area contributed by atoms with Crippen LogP contribution < -0.4 is 21.9 Å². The monoisotopic (exact) mass is 403 g/mol. The van der Waals surface area contributed by atoms with E-state index in [9.17, 15) is 4.79 Å². The van der Waals surface area contributed by atoms with E-state index < -0.39 is 0 Å². The molecule has 0 bridgehead atoms. The van der Waals surface area contributed by atoms with E-state index in [0.29, 0.717) is 17.0 Å². The summed E-state index contributed by atoms with van der Waals surface area (Å²) in [4.78, 5) is 20.6. The van der Waals surface area contributed by atoms with E-state index >= 15 is 0 Å². The predicted octanol–water partition coefficient (Wildman–Crippen LogP) is 3.53. The van der Waals surface area contributed by atoms with Crippen molar-refractivity contribution in [3.8, 4) is 0 Å². The van der Waals surface area contributed by atoms with Crippen molar-refractivity contribution in [3.05, 3.63) is 52.6 Å². The number of aromatic amines is 2. The first-order valence-corrected chi connectivity index (χ1v) is 10.3. The molecule has 154 valence electrons. The fourth-order valence-electron chi connectivity index (χ4n) is 4.35. The van der Waals surface area contributed by atoms with Gasteiger partial charge in [-0.25, -0.2) is 10.1 Å². The minimum absolute atomic E-state index is 0.0986. The van der Waals surface area contributed by atoms with Crippen molar-refractivity contribution < 1.29 is 0 Å². The number of hydrogen-bond acceptors (Lipinski definition) is 6. The van der Waals surface area contributed by atoms with Crippen molar-refractivity contribution in [1.82, 2.24) is 20.2 Å². The van der Waals surface area contributed by atoms with Crippen LogP contribution in [0.1, 0.15) is 31.2 Å². The molecule has 1 saturated carbocycles. The topological polar surface area (TPSA) is 125 Å². The summed E-state index contributed by atoms with van der Waals surface area (Å²) < 4.78 is 0. The van der Waals surface area contributed by atoms with Crippen LogP contribution in [0.25, 0.3) is 21.7 Å². The van der Waals surface area contributed by atoms with Crippen molar-refractivity contribution in [3.63, 3.8) is 0 Å². The summed E-state index contributed by atoms with van der Waals surface area (Å²) in [6, 6.07) is 8.19. The van der Waals surface area contributed by atoms with Crippen LogP contribution in [-0.2, 0) is 0 Å². The van der Waals surface area contributed by atoms with Crippen LogP contribution >= 0.6 is 0 Å². The molecule has 2 atom stereocenters. The first-order valence-electron chi connectivity index (χ1n) is 10.3. The molecule has 0 amide bonds. The Morgan fingerprint density at radius 3 is 2.93 bits per heavy atom. The van der Waals surface area contributed by atoms with Crippen LogP contribution in [0.15, 0.2) is 41.5 Å². The minimum Gasteiger partial charge on any atom is -0.366 e. The highest BCUT2D eigenvalue weighted by Gasteiger charge is 2.22. The first kappa shape index (κ1) is 18.6. The third kappa shape index (κ3) is 3.29. The molecule has 0 aliphatic heterocycles. The summed E-state index contributed by atoms with van der Waals surface area (Å²) in [6.45, 7) is 2.06. The highest BCUT2D eigenvalue weighted by Crippen LogP contribution is 2.31. The van der Waals surface area contributed by atoms with E-state index in [1.807, 2.05) is 30.5 Å². The van der Waals surface area contributed by atoms with Gasteiger partial charge in [-0.1, -0.05) is 18.9 Å². The third-order valence-corrected chi connectivity index (χ3v) is 5.98. The standard InChI is InChI=1S/C22H25N7O/c1-12-6-7-16(14-8-9-24-20(12)14)27-21-19-13(11-25-29-22(19)30)10-18(28-21)26-17-5-3-2-4-15(17)23/h6-11,15,17,24H,2-5,23H2,1H3,(H,29,30)(H2,26,27,28). The van der Waals surface area contributed by atoms with Gasteiger partial charge in [0, 0.05) is 34.7 Å². The van der Waals surface area contributed by atoms with E-state index in [1.165, 1.54) is 0 Å². The molecule has 0 radical (unpaired) electrons. The largest absolute Gasteiger partial charge is 0.366 e. The van der Waals surface area contributed by atoms with Gasteiger partial charge < -0.3 is 21.4 Å². The number of anilines is 3. The number of benzene rings is 1. The van der Waals surface area contributed by atoms with Crippen LogP contribution in [-0.4, -0.2) is 32.2 Å². The number of fused-ring (bicyclic) bond motifs is 2. The fraction of sp³-hybridized carbons (Fsp3) is 0.318. The zero-order valence-electron chi connectivity index (χ0n) is 16.8. The summed E-state index contributed by atoms with van der Waals surface area (Å²) in [6.07, 6.45) is 7.90. The second-order valence-electron chi connectivity index (χ2n) is 8.04. The number of aromatic nitrogens is 4. The quantitative estimate of drug-likeness (QED) is 0.355. The van der Waals surface area contributed by atoms with Gasteiger partial charge in [0.15, 0.2) is 0 Å². The lowest BCUT2D eigenvalue weighted by Crippen LogP contribution is -2.42. The highest BCUT2D eigenvalue weighted by atomic mass is 16.1. The molecule has 3 aromatic heterocycles. The molecule has 1 fully saturated rings. The molecule has 2 unspecified atom stereocenters. The van der Waals surface area contributed by atoms with Gasteiger partial charge >= 0.3 is 0 Å². The second-order valence-corrected chi connectivity index (χ2v) is 8.04. The predicted molar refractivity (Wildman–Crippen MR) is 120 cm³/mol. The van der Waals surface area contributed by atoms with Gasteiger partial charge in [0.1, 0.15) is 11.6 Å². The normalized spacial score (nSPS) is 19.3. The average molecular weight is 403 g/mol. The number of aryl methyl sites for hydroxylation is 1. The molecule has 30 heavy (non-hydrogen) atoms. The molecule has 1 aromatic carbocycles. The zero-order valence-corrected chi connectivity index (χ0v) is 16.8. The van der Waals surface area contributed by atoms with Gasteiger partial charge in [-0.05, 0) is 43.5 Å². The number of H-pyrrole nitrogens is 2. The second kappa shape index (κ2) is 7.46. The van der Waals surface area contributed by atoms with Gasteiger partial charge in [-0.2, -0.15) is 5.10 Å². The van der Waals surface area contributed by atoms with Gasteiger partial charge in [0.25, 0.3) is 5.56 Å². The molecule has 0 spiro atoms. The summed E-state index contributed by atoms with van der Waals surface area (Å²) in [7, 11) is 0. The van der Waals surface area contributed by atoms with Crippen LogP contribution in [0, 0.1) is 6.92 Å². The van der Waals surface area contributed by atoms with Crippen molar-refractivity contribution in [2.75, 3.05) is 10.6 Å². The number of hydrogen-bond donors (Lipinski definition) is 5. The highest BCUT2D eigenvalue weighted by molar-refractivity contribution is 5.99. The van der Waals surface area contributed by atoms with Crippen molar-refractivity contribution in [2.24, 2.45) is 5.73 Å². The van der Waals surface area contributed by atoms with E-state index in [2.05, 4.69) is 32.7 Å². The van der Waals surface area contributed by atoms with Crippen LogP contribution in [0.4, 0.5) is 17.3 Å². The molecule has 4 aromatic rings. The number of nitrogens with zero attached hydrogens (tertiary/aromatic N) is 2. The number of pyridine rings is 1. The number of rotatable bonds is 4. The Hall–Kier alpha value is -3.39. The summed E-state index contributed by atoms with van der Waals surface area (Å²) in [5.41, 5.74) is 9.13. The molecule has 1 aliphatic rings. The van der Waals surface area contributed by atoms with E-state index in [-0.39, 0.29) is 17.6 Å². The average Bonchev–Trinajstić information content (AvgIpc) is 3.23. The van der Waals surface area contributed by atoms with E-state index in [0.717, 1.165) is 53.2 Å². The van der Waals surface area contributed by atoms with Gasteiger partial charge in [0.2, 0.25) is 0 Å². The zero-order chi connectivity index (χ0) is 20.7. The number of nitrogens with two attached hydrogens (primary N) is 1. The lowest BCUT2D eigenvalue weighted by Gasteiger charge is -2.30. The van der Waals surface area contributed by atoms with E-state index in [4.69, 9.17) is 10.7 Å². The Kier molecular flexibility index (Phi) is 4.63. The molecule has 5 rings (SSSR count). The molecule has 8 nitrogen and oxygen atoms in total. The molecular formula is C22H25N7O. The maximum atomic E-state index is 12.6. The Labute approximate surface area is 173 Å². The Morgan fingerprint density at radius 2 is 2.07 bits per heavy atom. The smallest absolute Gasteiger partial charge is 0.275 e. The SMILES string of the molecule is Cc1ccc(Nc2nc(NC3CCCCC3N)cc3cn[nH]c(=O)c23)c2cc[nH]c12. The van der Waals surface area contributed by atoms with Crippen molar-refractivity contribution in [1.29, 1.82) is 0 Å². The van der Waals surface area contributed by atoms with Crippen molar-refractivity contribution in [2.45, 2.75) is 44.7 Å². The fourth-order valence-corrected chi connectivity index (χ4v) is 4.35. The first-order chi connectivity index (χ1) is 14.6. The molecule has 6 N–H and O–H groups in total. The molecule has 3 heterocycles. The molecule has 1 aliphatic carbocycles. The Bertz CT molecular complexity index is 1280. The lowest BCUT2D eigenvalue weighted by atomic mass is 9.91. The maximum Gasteiger partial charge on any atom is 0.275 e. The summed E-state index contributed by atoms with van der Waals surface area (Å²) in [5, 5.41) is 15.6. The molecular weight excluding hydrogens is 378 g/mol. The van der Waals surface area contributed by atoms with Gasteiger partial charge in [-0.3, -0.25) is 4.79 Å². The molecule has 0 saturated heterocycles.